The molecule has 0 radical (unpaired) electrons. The highest BCUT2D eigenvalue weighted by atomic mass is 16.1. The van der Waals surface area contributed by atoms with E-state index in [2.05, 4.69) is 35.7 Å². The van der Waals surface area contributed by atoms with Crippen molar-refractivity contribution in [3.63, 3.8) is 0 Å². The van der Waals surface area contributed by atoms with Crippen LogP contribution < -0.4 is 0 Å². The first-order chi connectivity index (χ1) is 8.61. The Morgan fingerprint density at radius 1 is 1.06 bits per heavy atom. The fraction of sp³-hybridized carbons (Fsp3) is 0.929. The molecule has 2 fully saturated rings. The molecule has 0 aliphatic carbocycles. The number of hydrogen-bond acceptors (Lipinski definition) is 4. The van der Waals surface area contributed by atoms with Gasteiger partial charge in [-0.15, -0.1) is 0 Å². The molecule has 2 saturated heterocycles. The van der Waals surface area contributed by atoms with E-state index in [4.69, 9.17) is 0 Å². The fourth-order valence-electron chi connectivity index (χ4n) is 3.28. The first-order valence-corrected chi connectivity index (χ1v) is 7.32. The van der Waals surface area contributed by atoms with Gasteiger partial charge in [0.2, 0.25) is 0 Å². The largest absolute Gasteiger partial charge is 0.303 e. The zero-order chi connectivity index (χ0) is 13.1. The average Bonchev–Trinajstić information content (AvgIpc) is 2.38. The molecule has 0 unspecified atom stereocenters. The predicted octanol–water partition coefficient (Wildman–Crippen LogP) is 1.23. The molecule has 4 nitrogen and oxygen atoms in total. The van der Waals surface area contributed by atoms with Crippen LogP contribution in [0.1, 0.15) is 33.6 Å². The summed E-state index contributed by atoms with van der Waals surface area (Å²) < 4.78 is 0. The Hall–Kier alpha value is -0.450. The summed E-state index contributed by atoms with van der Waals surface area (Å²) in [5.41, 5.74) is 0. The lowest BCUT2D eigenvalue weighted by Crippen LogP contribution is -2.60. The third kappa shape index (κ3) is 3.11. The molecular weight excluding hydrogens is 226 g/mol. The maximum atomic E-state index is 10.8. The molecule has 0 aromatic heterocycles. The van der Waals surface area contributed by atoms with Crippen molar-refractivity contribution in [3.05, 3.63) is 0 Å². The van der Waals surface area contributed by atoms with E-state index in [-0.39, 0.29) is 0 Å². The van der Waals surface area contributed by atoms with Gasteiger partial charge in [0.25, 0.3) is 0 Å². The molecule has 2 aliphatic heterocycles. The van der Waals surface area contributed by atoms with Crippen LogP contribution in [0.2, 0.25) is 0 Å². The lowest BCUT2D eigenvalue weighted by molar-refractivity contribution is -0.118. The molecule has 0 saturated carbocycles. The highest BCUT2D eigenvalue weighted by Gasteiger charge is 2.30. The monoisotopic (exact) mass is 253 g/mol. The number of aldehydes is 1. The van der Waals surface area contributed by atoms with Crippen molar-refractivity contribution >= 4 is 6.29 Å². The molecule has 0 aromatic rings. The minimum Gasteiger partial charge on any atom is -0.303 e. The molecule has 2 rings (SSSR count). The topological polar surface area (TPSA) is 26.8 Å². The third-order valence-electron chi connectivity index (χ3n) is 4.43. The van der Waals surface area contributed by atoms with Crippen molar-refractivity contribution in [2.75, 3.05) is 32.7 Å². The maximum Gasteiger partial charge on any atom is 0.123 e. The van der Waals surface area contributed by atoms with E-state index in [9.17, 15) is 4.79 Å². The van der Waals surface area contributed by atoms with E-state index < -0.39 is 0 Å². The lowest BCUT2D eigenvalue weighted by Gasteiger charge is -2.47. The summed E-state index contributed by atoms with van der Waals surface area (Å²) in [6.07, 6.45) is 3.20. The van der Waals surface area contributed by atoms with Crippen molar-refractivity contribution in [3.8, 4) is 0 Å². The van der Waals surface area contributed by atoms with Gasteiger partial charge in [0.1, 0.15) is 6.29 Å². The quantitative estimate of drug-likeness (QED) is 0.707. The Balaban J connectivity index is 1.83. The summed E-state index contributed by atoms with van der Waals surface area (Å²) in [4.78, 5) is 13.4. The standard InChI is InChI=1S/C14H27N3O/c1-12(2)17-9-8-16(10-13(17)3)15-6-4-14(11-18)5-7-15/h11-14H,4-10H2,1-3H3/t13-/m0/s1. The summed E-state index contributed by atoms with van der Waals surface area (Å²) in [7, 11) is 0. The lowest BCUT2D eigenvalue weighted by atomic mass is 9.99. The van der Waals surface area contributed by atoms with Crippen LogP contribution in [-0.2, 0) is 4.79 Å². The van der Waals surface area contributed by atoms with Crippen molar-refractivity contribution in [2.24, 2.45) is 5.92 Å². The van der Waals surface area contributed by atoms with Crippen molar-refractivity contribution in [1.29, 1.82) is 0 Å². The molecule has 0 amide bonds. The first-order valence-electron chi connectivity index (χ1n) is 7.32. The molecule has 0 N–H and O–H groups in total. The fourth-order valence-corrected chi connectivity index (χ4v) is 3.28. The smallest absolute Gasteiger partial charge is 0.123 e. The van der Waals surface area contributed by atoms with Gasteiger partial charge in [-0.2, -0.15) is 0 Å². The van der Waals surface area contributed by atoms with E-state index >= 15 is 0 Å². The second-order valence-corrected chi connectivity index (χ2v) is 6.02. The number of hydrazine groups is 1. The van der Waals surface area contributed by atoms with Crippen LogP contribution in [-0.4, -0.2) is 66.0 Å². The summed E-state index contributed by atoms with van der Waals surface area (Å²) in [6.45, 7) is 12.4. The van der Waals surface area contributed by atoms with Crippen LogP contribution in [0.4, 0.5) is 0 Å². The van der Waals surface area contributed by atoms with Gasteiger partial charge in [-0.3, -0.25) is 4.90 Å². The van der Waals surface area contributed by atoms with Gasteiger partial charge in [0.05, 0.1) is 0 Å². The summed E-state index contributed by atoms with van der Waals surface area (Å²) in [5.74, 6) is 0.302. The zero-order valence-electron chi connectivity index (χ0n) is 12.0. The highest BCUT2D eigenvalue weighted by Crippen LogP contribution is 2.20. The van der Waals surface area contributed by atoms with Crippen molar-refractivity contribution < 1.29 is 4.79 Å². The van der Waals surface area contributed by atoms with Gasteiger partial charge in [0.15, 0.2) is 0 Å². The van der Waals surface area contributed by atoms with Crippen molar-refractivity contribution in [1.82, 2.24) is 14.9 Å². The van der Waals surface area contributed by atoms with E-state index in [1.165, 1.54) is 0 Å². The van der Waals surface area contributed by atoms with Gasteiger partial charge >= 0.3 is 0 Å². The van der Waals surface area contributed by atoms with Gasteiger partial charge < -0.3 is 4.79 Å². The number of piperidine rings is 1. The molecule has 104 valence electrons. The van der Waals surface area contributed by atoms with Crippen LogP contribution in [0.5, 0.6) is 0 Å². The number of hydrogen-bond donors (Lipinski definition) is 0. The van der Waals surface area contributed by atoms with Crippen LogP contribution in [0.25, 0.3) is 0 Å². The second kappa shape index (κ2) is 6.13. The van der Waals surface area contributed by atoms with E-state index in [0.717, 1.165) is 51.9 Å². The zero-order valence-corrected chi connectivity index (χ0v) is 12.0. The van der Waals surface area contributed by atoms with Crippen molar-refractivity contribution in [2.45, 2.75) is 45.7 Å². The number of nitrogens with zero attached hydrogens (tertiary/aromatic N) is 3. The second-order valence-electron chi connectivity index (χ2n) is 6.02. The Morgan fingerprint density at radius 2 is 1.72 bits per heavy atom. The predicted molar refractivity (Wildman–Crippen MR) is 73.2 cm³/mol. The van der Waals surface area contributed by atoms with Crippen LogP contribution in [0, 0.1) is 5.92 Å². The minimum atomic E-state index is 0.302. The summed E-state index contributed by atoms with van der Waals surface area (Å²) in [6, 6.07) is 1.27. The van der Waals surface area contributed by atoms with Crippen LogP contribution >= 0.6 is 0 Å². The number of carbonyl (C=O) groups is 1. The Labute approximate surface area is 111 Å². The third-order valence-corrected chi connectivity index (χ3v) is 4.43. The molecule has 0 spiro atoms. The SMILES string of the molecule is CC(C)N1CCN(N2CCC(C=O)CC2)C[C@@H]1C. The molecule has 18 heavy (non-hydrogen) atoms. The Morgan fingerprint density at radius 3 is 2.22 bits per heavy atom. The Bertz CT molecular complexity index is 274. The molecule has 1 atom stereocenters. The van der Waals surface area contributed by atoms with E-state index in [0.29, 0.717) is 18.0 Å². The number of carbonyl (C=O) groups excluding carboxylic acids is 1. The Kier molecular flexibility index (Phi) is 4.76. The van der Waals surface area contributed by atoms with Crippen LogP contribution in [0.15, 0.2) is 0 Å². The maximum absolute atomic E-state index is 10.8. The minimum absolute atomic E-state index is 0.302. The molecule has 0 aromatic carbocycles. The summed E-state index contributed by atoms with van der Waals surface area (Å²) in [5, 5.41) is 4.97. The summed E-state index contributed by atoms with van der Waals surface area (Å²) >= 11 is 0. The van der Waals surface area contributed by atoms with Crippen LogP contribution in [0.3, 0.4) is 0 Å². The van der Waals surface area contributed by atoms with Gasteiger partial charge in [0, 0.05) is 50.7 Å². The molecule has 2 aliphatic rings. The average molecular weight is 253 g/mol. The van der Waals surface area contributed by atoms with E-state index in [1.807, 2.05) is 0 Å². The first kappa shape index (κ1) is 14.0. The number of piperazine rings is 1. The molecule has 0 bridgehead atoms. The molecule has 2 heterocycles. The highest BCUT2D eigenvalue weighted by molar-refractivity contribution is 5.53. The van der Waals surface area contributed by atoms with Gasteiger partial charge in [-0.1, -0.05) is 0 Å². The van der Waals surface area contributed by atoms with Gasteiger partial charge in [-0.05, 0) is 33.6 Å². The number of rotatable bonds is 3. The normalized spacial score (nSPS) is 29.9. The molecule has 4 heteroatoms. The van der Waals surface area contributed by atoms with Gasteiger partial charge in [-0.25, -0.2) is 10.0 Å². The molecular formula is C14H27N3O. The van der Waals surface area contributed by atoms with E-state index in [1.54, 1.807) is 0 Å².